The smallest absolute Gasteiger partial charge is 0.213 e. The zero-order valence-electron chi connectivity index (χ0n) is 17.3. The van der Waals surface area contributed by atoms with E-state index in [4.69, 9.17) is 4.98 Å². The van der Waals surface area contributed by atoms with E-state index in [1.807, 2.05) is 12.1 Å². The van der Waals surface area contributed by atoms with Crippen molar-refractivity contribution < 1.29 is 0 Å². The lowest BCUT2D eigenvalue weighted by atomic mass is 10.1. The highest BCUT2D eigenvalue weighted by Crippen LogP contribution is 2.27. The van der Waals surface area contributed by atoms with Gasteiger partial charge >= 0.3 is 0 Å². The average Bonchev–Trinajstić information content (AvgIpc) is 3.20. The van der Waals surface area contributed by atoms with Crippen molar-refractivity contribution in [1.82, 2.24) is 19.6 Å². The zero-order chi connectivity index (χ0) is 20.0. The van der Waals surface area contributed by atoms with Crippen LogP contribution in [0.1, 0.15) is 23.9 Å². The van der Waals surface area contributed by atoms with E-state index in [-0.39, 0.29) is 0 Å². The van der Waals surface area contributed by atoms with Crippen molar-refractivity contribution in [3.8, 4) is 0 Å². The standard InChI is InChI=1S/C23H26N6/c1-4-21-25-26-22-18-7-5-6-8-19(18)24-23(29(21)22)28-13-11-27(12-14-28)20-15-16(2)9-10-17(20)3/h5-10,15H,4,11-14H2,1-3H3. The SMILES string of the molecule is CCc1nnc2c3ccccc3nc(N3CCN(c4cc(C)ccc4C)CC3)n12. The molecule has 0 atom stereocenters. The van der Waals surface area contributed by atoms with Crippen LogP contribution in [0.15, 0.2) is 42.5 Å². The van der Waals surface area contributed by atoms with Gasteiger partial charge in [0.25, 0.3) is 0 Å². The predicted molar refractivity (Wildman–Crippen MR) is 118 cm³/mol. The summed E-state index contributed by atoms with van der Waals surface area (Å²) < 4.78 is 2.15. The minimum absolute atomic E-state index is 0.830. The summed E-state index contributed by atoms with van der Waals surface area (Å²) in [5.41, 5.74) is 5.87. The zero-order valence-corrected chi connectivity index (χ0v) is 17.3. The van der Waals surface area contributed by atoms with Crippen molar-refractivity contribution in [2.24, 2.45) is 0 Å². The first-order valence-corrected chi connectivity index (χ1v) is 10.4. The summed E-state index contributed by atoms with van der Waals surface area (Å²) in [4.78, 5) is 9.90. The summed E-state index contributed by atoms with van der Waals surface area (Å²) in [7, 11) is 0. The van der Waals surface area contributed by atoms with Crippen LogP contribution in [0.3, 0.4) is 0 Å². The number of rotatable bonds is 3. The van der Waals surface area contributed by atoms with Gasteiger partial charge in [-0.05, 0) is 43.2 Å². The topological polar surface area (TPSA) is 49.6 Å². The van der Waals surface area contributed by atoms with Crippen molar-refractivity contribution in [3.05, 3.63) is 59.4 Å². The fourth-order valence-corrected chi connectivity index (χ4v) is 4.27. The number of para-hydroxylation sites is 1. The molecule has 0 N–H and O–H groups in total. The number of benzene rings is 2. The van der Waals surface area contributed by atoms with Crippen molar-refractivity contribution >= 4 is 28.2 Å². The largest absolute Gasteiger partial charge is 0.368 e. The van der Waals surface area contributed by atoms with Gasteiger partial charge in [-0.25, -0.2) is 9.38 Å². The number of piperazine rings is 1. The highest BCUT2D eigenvalue weighted by molar-refractivity contribution is 5.92. The quantitative estimate of drug-likeness (QED) is 0.536. The van der Waals surface area contributed by atoms with E-state index in [0.717, 1.165) is 60.9 Å². The number of hydrogen-bond acceptors (Lipinski definition) is 5. The van der Waals surface area contributed by atoms with Crippen LogP contribution in [-0.2, 0) is 6.42 Å². The van der Waals surface area contributed by atoms with Crippen molar-refractivity contribution in [1.29, 1.82) is 0 Å². The van der Waals surface area contributed by atoms with Crippen LogP contribution >= 0.6 is 0 Å². The lowest BCUT2D eigenvalue weighted by molar-refractivity contribution is 0.634. The van der Waals surface area contributed by atoms with Crippen LogP contribution in [-0.4, -0.2) is 45.8 Å². The molecule has 2 aromatic heterocycles. The summed E-state index contributed by atoms with van der Waals surface area (Å²) in [6, 6.07) is 14.9. The van der Waals surface area contributed by atoms with E-state index in [2.05, 4.69) is 75.5 Å². The second-order valence-corrected chi connectivity index (χ2v) is 7.82. The molecule has 1 fully saturated rings. The van der Waals surface area contributed by atoms with Crippen molar-refractivity contribution in [2.45, 2.75) is 27.2 Å². The summed E-state index contributed by atoms with van der Waals surface area (Å²) in [5, 5.41) is 9.99. The second-order valence-electron chi connectivity index (χ2n) is 7.82. The molecule has 0 radical (unpaired) electrons. The van der Waals surface area contributed by atoms with E-state index in [0.29, 0.717) is 0 Å². The first-order valence-electron chi connectivity index (χ1n) is 10.4. The number of nitrogens with zero attached hydrogens (tertiary/aromatic N) is 6. The van der Waals surface area contributed by atoms with Gasteiger partial charge in [-0.2, -0.15) is 0 Å². The van der Waals surface area contributed by atoms with Crippen LogP contribution in [0.4, 0.5) is 11.6 Å². The third kappa shape index (κ3) is 2.99. The minimum Gasteiger partial charge on any atom is -0.368 e. The molecule has 29 heavy (non-hydrogen) atoms. The molecular weight excluding hydrogens is 360 g/mol. The molecule has 6 heteroatoms. The van der Waals surface area contributed by atoms with Crippen molar-refractivity contribution in [2.75, 3.05) is 36.0 Å². The van der Waals surface area contributed by atoms with Gasteiger partial charge in [0.1, 0.15) is 5.82 Å². The molecule has 1 aliphatic rings. The van der Waals surface area contributed by atoms with Crippen LogP contribution in [0, 0.1) is 13.8 Å². The molecule has 3 heterocycles. The summed E-state index contributed by atoms with van der Waals surface area (Å²) in [5.74, 6) is 1.92. The maximum atomic E-state index is 5.03. The number of anilines is 2. The molecular formula is C23H26N6. The number of hydrogen-bond donors (Lipinski definition) is 0. The molecule has 0 unspecified atom stereocenters. The minimum atomic E-state index is 0.830. The Morgan fingerprint density at radius 1 is 0.897 bits per heavy atom. The van der Waals surface area contributed by atoms with E-state index in [9.17, 15) is 0 Å². The van der Waals surface area contributed by atoms with Crippen LogP contribution in [0.5, 0.6) is 0 Å². The molecule has 2 aromatic carbocycles. The molecule has 0 aliphatic carbocycles. The van der Waals surface area contributed by atoms with Crippen molar-refractivity contribution in [3.63, 3.8) is 0 Å². The van der Waals surface area contributed by atoms with Gasteiger partial charge in [0.15, 0.2) is 5.65 Å². The first kappa shape index (κ1) is 17.9. The van der Waals surface area contributed by atoms with Gasteiger partial charge in [-0.3, -0.25) is 0 Å². The Kier molecular flexibility index (Phi) is 4.34. The van der Waals surface area contributed by atoms with Crippen LogP contribution < -0.4 is 9.80 Å². The van der Waals surface area contributed by atoms with Gasteiger partial charge in [-0.1, -0.05) is 31.2 Å². The third-order valence-electron chi connectivity index (χ3n) is 5.88. The van der Waals surface area contributed by atoms with E-state index in [1.54, 1.807) is 0 Å². The Morgan fingerprint density at radius 3 is 2.45 bits per heavy atom. The van der Waals surface area contributed by atoms with Gasteiger partial charge < -0.3 is 9.80 Å². The third-order valence-corrected chi connectivity index (χ3v) is 5.88. The van der Waals surface area contributed by atoms with Gasteiger partial charge in [0.2, 0.25) is 5.95 Å². The lowest BCUT2D eigenvalue weighted by Gasteiger charge is -2.37. The number of fused-ring (bicyclic) bond motifs is 3. The maximum absolute atomic E-state index is 5.03. The van der Waals surface area contributed by atoms with Crippen LogP contribution in [0.25, 0.3) is 16.6 Å². The average molecular weight is 387 g/mol. The summed E-state index contributed by atoms with van der Waals surface area (Å²) >= 11 is 0. The van der Waals surface area contributed by atoms with Crippen LogP contribution in [0.2, 0.25) is 0 Å². The summed E-state index contributed by atoms with van der Waals surface area (Å²) in [6.45, 7) is 10.3. The molecule has 1 aliphatic heterocycles. The predicted octanol–water partition coefficient (Wildman–Crippen LogP) is 3.78. The Bertz CT molecular complexity index is 1190. The van der Waals surface area contributed by atoms with E-state index >= 15 is 0 Å². The molecule has 0 saturated carbocycles. The Hall–Kier alpha value is -3.15. The first-order chi connectivity index (χ1) is 14.2. The molecule has 148 valence electrons. The lowest BCUT2D eigenvalue weighted by Crippen LogP contribution is -2.47. The second kappa shape index (κ2) is 7.03. The Labute approximate surface area is 170 Å². The molecule has 0 bridgehead atoms. The van der Waals surface area contributed by atoms with E-state index in [1.165, 1.54) is 16.8 Å². The highest BCUT2D eigenvalue weighted by atomic mass is 15.4. The Balaban J connectivity index is 1.51. The highest BCUT2D eigenvalue weighted by Gasteiger charge is 2.23. The van der Waals surface area contributed by atoms with Gasteiger partial charge in [0, 0.05) is 43.7 Å². The maximum Gasteiger partial charge on any atom is 0.213 e. The van der Waals surface area contributed by atoms with Gasteiger partial charge in [-0.15, -0.1) is 10.2 Å². The normalized spacial score (nSPS) is 14.9. The molecule has 6 nitrogen and oxygen atoms in total. The molecule has 0 spiro atoms. The molecule has 4 aromatic rings. The van der Waals surface area contributed by atoms with Gasteiger partial charge in [0.05, 0.1) is 5.52 Å². The molecule has 5 rings (SSSR count). The number of aromatic nitrogens is 4. The van der Waals surface area contributed by atoms with E-state index < -0.39 is 0 Å². The molecule has 1 saturated heterocycles. The fraction of sp³-hybridized carbons (Fsp3) is 0.348. The number of aryl methyl sites for hydroxylation is 3. The fourth-order valence-electron chi connectivity index (χ4n) is 4.27. The Morgan fingerprint density at radius 2 is 1.66 bits per heavy atom. The summed E-state index contributed by atoms with van der Waals surface area (Å²) in [6.07, 6.45) is 0.830. The monoisotopic (exact) mass is 386 g/mol. The molecule has 0 amide bonds.